The smallest absolute Gasteiger partial charge is 0.340 e. The maximum absolute atomic E-state index is 11.6. The van der Waals surface area contributed by atoms with Gasteiger partial charge in [0.2, 0.25) is 0 Å². The molecule has 1 heterocycles. The van der Waals surface area contributed by atoms with E-state index in [-0.39, 0.29) is 0 Å². The lowest BCUT2D eigenvalue weighted by Gasteiger charge is -2.24. The van der Waals surface area contributed by atoms with Crippen molar-refractivity contribution in [2.45, 2.75) is 10.8 Å². The maximum atomic E-state index is 11.6. The molecule has 0 aromatic heterocycles. The monoisotopic (exact) mass is 234 g/mol. The van der Waals surface area contributed by atoms with E-state index in [4.69, 9.17) is 11.6 Å². The second kappa shape index (κ2) is 2.95. The summed E-state index contributed by atoms with van der Waals surface area (Å²) in [6.07, 6.45) is 3.29. The summed E-state index contributed by atoms with van der Waals surface area (Å²) in [6, 6.07) is 7.34. The summed E-state index contributed by atoms with van der Waals surface area (Å²) in [5.74, 6) is -1.98. The van der Waals surface area contributed by atoms with E-state index in [2.05, 4.69) is 4.74 Å². The molecule has 1 aliphatic carbocycles. The molecule has 1 fully saturated rings. The van der Waals surface area contributed by atoms with E-state index in [1.54, 1.807) is 12.1 Å². The Morgan fingerprint density at radius 2 is 2.00 bits per heavy atom. The highest BCUT2D eigenvalue weighted by atomic mass is 35.5. The van der Waals surface area contributed by atoms with Gasteiger partial charge in [0.15, 0.2) is 4.87 Å². The Bertz CT molecular complexity index is 535. The molecule has 2 unspecified atom stereocenters. The molecular formula is C12H7ClO3. The molecule has 0 N–H and O–H groups in total. The van der Waals surface area contributed by atoms with Crippen LogP contribution in [-0.4, -0.2) is 16.8 Å². The standard InChI is InChI=1S/C12H7ClO3/c13-12-6-5-7-3-1-2-4-8(7)9(12)10(14)16-11(12)15/h1-6,9H. The largest absolute Gasteiger partial charge is 0.391 e. The first-order chi connectivity index (χ1) is 7.63. The van der Waals surface area contributed by atoms with Crippen LogP contribution in [0.15, 0.2) is 30.3 Å². The predicted octanol–water partition coefficient (Wildman–Crippen LogP) is 1.86. The molecule has 1 saturated heterocycles. The lowest BCUT2D eigenvalue weighted by Crippen LogP contribution is -2.33. The van der Waals surface area contributed by atoms with E-state index in [9.17, 15) is 9.59 Å². The third kappa shape index (κ3) is 1.04. The number of hydrogen-bond donors (Lipinski definition) is 0. The summed E-state index contributed by atoms with van der Waals surface area (Å²) in [5.41, 5.74) is 1.64. The molecule has 0 amide bonds. The molecule has 3 rings (SSSR count). The van der Waals surface area contributed by atoms with Gasteiger partial charge in [0.1, 0.15) is 5.92 Å². The Morgan fingerprint density at radius 1 is 1.25 bits per heavy atom. The van der Waals surface area contributed by atoms with Crippen LogP contribution < -0.4 is 0 Å². The Hall–Kier alpha value is -1.61. The molecule has 2 aliphatic rings. The minimum atomic E-state index is -1.36. The maximum Gasteiger partial charge on any atom is 0.340 e. The molecule has 0 spiro atoms. The highest BCUT2D eigenvalue weighted by Crippen LogP contribution is 2.46. The first kappa shape index (κ1) is 9.60. The van der Waals surface area contributed by atoms with Crippen LogP contribution in [0.1, 0.15) is 17.0 Å². The van der Waals surface area contributed by atoms with Gasteiger partial charge in [-0.3, -0.25) is 4.79 Å². The van der Waals surface area contributed by atoms with Gasteiger partial charge in [-0.15, -0.1) is 11.6 Å². The van der Waals surface area contributed by atoms with Crippen molar-refractivity contribution in [2.75, 3.05) is 0 Å². The molecule has 1 aromatic rings. The van der Waals surface area contributed by atoms with E-state index < -0.39 is 22.7 Å². The van der Waals surface area contributed by atoms with Crippen molar-refractivity contribution >= 4 is 29.6 Å². The molecule has 2 atom stereocenters. The minimum absolute atomic E-state index is 0.572. The first-order valence-electron chi connectivity index (χ1n) is 4.86. The highest BCUT2D eigenvalue weighted by molar-refractivity contribution is 6.41. The predicted molar refractivity (Wildman–Crippen MR) is 57.9 cm³/mol. The average Bonchev–Trinajstić information content (AvgIpc) is 2.50. The third-order valence-electron chi connectivity index (χ3n) is 2.97. The quantitative estimate of drug-likeness (QED) is 0.391. The van der Waals surface area contributed by atoms with Crippen LogP contribution in [0.4, 0.5) is 0 Å². The molecule has 80 valence electrons. The van der Waals surface area contributed by atoms with Crippen molar-refractivity contribution in [3.8, 4) is 0 Å². The van der Waals surface area contributed by atoms with Crippen molar-refractivity contribution < 1.29 is 14.3 Å². The van der Waals surface area contributed by atoms with Crippen LogP contribution in [-0.2, 0) is 14.3 Å². The molecule has 1 aromatic carbocycles. The third-order valence-corrected chi connectivity index (χ3v) is 3.47. The number of fused-ring (bicyclic) bond motifs is 3. The normalized spacial score (nSPS) is 30.9. The van der Waals surface area contributed by atoms with Crippen molar-refractivity contribution in [2.24, 2.45) is 0 Å². The number of halogens is 1. The molecule has 4 heteroatoms. The van der Waals surface area contributed by atoms with Crippen molar-refractivity contribution in [3.63, 3.8) is 0 Å². The number of rotatable bonds is 0. The molecule has 0 saturated carbocycles. The topological polar surface area (TPSA) is 43.4 Å². The highest BCUT2D eigenvalue weighted by Gasteiger charge is 2.57. The summed E-state index contributed by atoms with van der Waals surface area (Å²) in [7, 11) is 0. The zero-order chi connectivity index (χ0) is 11.3. The van der Waals surface area contributed by atoms with E-state index >= 15 is 0 Å². The number of benzene rings is 1. The number of hydrogen-bond acceptors (Lipinski definition) is 3. The Balaban J connectivity index is 2.26. The van der Waals surface area contributed by atoms with Crippen LogP contribution in [0.25, 0.3) is 6.08 Å². The van der Waals surface area contributed by atoms with Crippen LogP contribution in [0.5, 0.6) is 0 Å². The Labute approximate surface area is 96.7 Å². The number of carbonyl (C=O) groups excluding carboxylic acids is 2. The number of esters is 2. The summed E-state index contributed by atoms with van der Waals surface area (Å²) >= 11 is 6.16. The molecule has 16 heavy (non-hydrogen) atoms. The van der Waals surface area contributed by atoms with Gasteiger partial charge in [0, 0.05) is 0 Å². The summed E-state index contributed by atoms with van der Waals surface area (Å²) in [5, 5.41) is 0. The number of ether oxygens (including phenoxy) is 1. The molecular weight excluding hydrogens is 228 g/mol. The average molecular weight is 235 g/mol. The lowest BCUT2D eigenvalue weighted by molar-refractivity contribution is -0.152. The van der Waals surface area contributed by atoms with Gasteiger partial charge in [0.25, 0.3) is 0 Å². The van der Waals surface area contributed by atoms with E-state index in [0.717, 1.165) is 11.1 Å². The minimum Gasteiger partial charge on any atom is -0.391 e. The van der Waals surface area contributed by atoms with Gasteiger partial charge in [-0.05, 0) is 11.1 Å². The van der Waals surface area contributed by atoms with Gasteiger partial charge in [-0.1, -0.05) is 36.4 Å². The number of alkyl halides is 1. The molecule has 3 nitrogen and oxygen atoms in total. The van der Waals surface area contributed by atoms with Crippen molar-refractivity contribution in [3.05, 3.63) is 41.5 Å². The van der Waals surface area contributed by atoms with Gasteiger partial charge in [-0.2, -0.15) is 0 Å². The van der Waals surface area contributed by atoms with Gasteiger partial charge in [0.05, 0.1) is 0 Å². The van der Waals surface area contributed by atoms with Crippen LogP contribution in [0.2, 0.25) is 0 Å². The molecule has 0 bridgehead atoms. The first-order valence-corrected chi connectivity index (χ1v) is 5.24. The fraction of sp³-hybridized carbons (Fsp3) is 0.167. The van der Waals surface area contributed by atoms with Crippen LogP contribution in [0.3, 0.4) is 0 Å². The summed E-state index contributed by atoms with van der Waals surface area (Å²) in [6.45, 7) is 0. The molecule has 1 aliphatic heterocycles. The van der Waals surface area contributed by atoms with Crippen molar-refractivity contribution in [1.82, 2.24) is 0 Å². The van der Waals surface area contributed by atoms with Gasteiger partial charge in [-0.25, -0.2) is 4.79 Å². The Morgan fingerprint density at radius 3 is 2.81 bits per heavy atom. The number of cyclic esters (lactones) is 2. The van der Waals surface area contributed by atoms with Crippen LogP contribution in [0, 0.1) is 0 Å². The van der Waals surface area contributed by atoms with Crippen molar-refractivity contribution in [1.29, 1.82) is 0 Å². The van der Waals surface area contributed by atoms with E-state index in [0.29, 0.717) is 0 Å². The van der Waals surface area contributed by atoms with Gasteiger partial charge < -0.3 is 4.74 Å². The fourth-order valence-electron chi connectivity index (χ4n) is 2.17. The second-order valence-corrected chi connectivity index (χ2v) is 4.50. The fourth-order valence-corrected chi connectivity index (χ4v) is 2.48. The number of carbonyl (C=O) groups is 2. The summed E-state index contributed by atoms with van der Waals surface area (Å²) in [4.78, 5) is 21.8. The SMILES string of the molecule is O=C1OC(=O)C2(Cl)C=Cc3ccccc3C12. The zero-order valence-corrected chi connectivity index (χ0v) is 8.90. The second-order valence-electron chi connectivity index (χ2n) is 3.87. The summed E-state index contributed by atoms with van der Waals surface area (Å²) < 4.78 is 4.61. The Kier molecular flexibility index (Phi) is 1.77. The van der Waals surface area contributed by atoms with E-state index in [1.165, 1.54) is 6.08 Å². The van der Waals surface area contributed by atoms with E-state index in [1.807, 2.05) is 18.2 Å². The lowest BCUT2D eigenvalue weighted by atomic mass is 9.80. The zero-order valence-electron chi connectivity index (χ0n) is 8.14. The van der Waals surface area contributed by atoms with Crippen LogP contribution >= 0.6 is 11.6 Å². The van der Waals surface area contributed by atoms with Gasteiger partial charge >= 0.3 is 11.9 Å². The molecule has 0 radical (unpaired) electrons.